The number of carbonyl (C=O) groups is 1. The highest BCUT2D eigenvalue weighted by molar-refractivity contribution is 7.86. The van der Waals surface area contributed by atoms with Gasteiger partial charge in [0, 0.05) is 6.04 Å². The molecule has 0 fully saturated rings. The van der Waals surface area contributed by atoms with Crippen LogP contribution in [0.1, 0.15) is 31.9 Å². The predicted octanol–water partition coefficient (Wildman–Crippen LogP) is 2.98. The predicted molar refractivity (Wildman–Crippen MR) is 107 cm³/mol. The molecule has 2 rings (SSSR count). The molecule has 0 amide bonds. The lowest BCUT2D eigenvalue weighted by molar-refractivity contribution is -0.164. The normalized spacial score (nSPS) is 14.3. The maximum atomic E-state index is 12.7. The fourth-order valence-electron chi connectivity index (χ4n) is 2.54. The Morgan fingerprint density at radius 2 is 1.61 bits per heavy atom. The number of esters is 1. The summed E-state index contributed by atoms with van der Waals surface area (Å²) in [5.41, 5.74) is 7.15. The van der Waals surface area contributed by atoms with Gasteiger partial charge in [-0.3, -0.25) is 0 Å². The SMILES string of the molecule is Cc1ccc(S(=O)(=O)O[C@H](C(=O)OC(C)(C)C)C(N)Cc2ccccc2)cc1. The van der Waals surface area contributed by atoms with E-state index in [-0.39, 0.29) is 11.3 Å². The smallest absolute Gasteiger partial charge is 0.339 e. The van der Waals surface area contributed by atoms with Gasteiger partial charge in [-0.25, -0.2) is 8.98 Å². The quantitative estimate of drug-likeness (QED) is 0.562. The van der Waals surface area contributed by atoms with Gasteiger partial charge in [0.25, 0.3) is 10.1 Å². The number of hydrogen-bond acceptors (Lipinski definition) is 6. The van der Waals surface area contributed by atoms with Crippen molar-refractivity contribution in [2.45, 2.75) is 56.8 Å². The van der Waals surface area contributed by atoms with E-state index in [1.165, 1.54) is 12.1 Å². The first-order valence-electron chi connectivity index (χ1n) is 9.00. The van der Waals surface area contributed by atoms with Crippen LogP contribution in [0.25, 0.3) is 0 Å². The second-order valence-electron chi connectivity index (χ2n) is 7.67. The van der Waals surface area contributed by atoms with Crippen LogP contribution in [0.4, 0.5) is 0 Å². The summed E-state index contributed by atoms with van der Waals surface area (Å²) >= 11 is 0. The maximum Gasteiger partial charge on any atom is 0.339 e. The highest BCUT2D eigenvalue weighted by Crippen LogP contribution is 2.20. The zero-order valence-electron chi connectivity index (χ0n) is 16.6. The van der Waals surface area contributed by atoms with Gasteiger partial charge in [-0.05, 0) is 51.8 Å². The maximum absolute atomic E-state index is 12.7. The summed E-state index contributed by atoms with van der Waals surface area (Å²) in [7, 11) is -4.19. The molecule has 28 heavy (non-hydrogen) atoms. The van der Waals surface area contributed by atoms with Crippen LogP contribution in [0.3, 0.4) is 0 Å². The van der Waals surface area contributed by atoms with Gasteiger partial charge >= 0.3 is 5.97 Å². The van der Waals surface area contributed by atoms with E-state index in [9.17, 15) is 13.2 Å². The van der Waals surface area contributed by atoms with Crippen LogP contribution < -0.4 is 5.73 Å². The van der Waals surface area contributed by atoms with E-state index in [1.807, 2.05) is 37.3 Å². The average Bonchev–Trinajstić information content (AvgIpc) is 2.59. The molecule has 0 radical (unpaired) electrons. The van der Waals surface area contributed by atoms with E-state index in [2.05, 4.69) is 0 Å². The summed E-state index contributed by atoms with van der Waals surface area (Å²) in [6.07, 6.45) is -1.21. The number of hydrogen-bond donors (Lipinski definition) is 1. The largest absolute Gasteiger partial charge is 0.458 e. The summed E-state index contributed by atoms with van der Waals surface area (Å²) in [6, 6.07) is 14.5. The lowest BCUT2D eigenvalue weighted by Gasteiger charge is -2.27. The van der Waals surface area contributed by atoms with Crippen molar-refractivity contribution in [1.82, 2.24) is 0 Å². The zero-order valence-corrected chi connectivity index (χ0v) is 17.4. The van der Waals surface area contributed by atoms with Crippen LogP contribution in [-0.2, 0) is 30.3 Å². The van der Waals surface area contributed by atoms with E-state index < -0.39 is 33.8 Å². The van der Waals surface area contributed by atoms with Crippen LogP contribution >= 0.6 is 0 Å². The first-order chi connectivity index (χ1) is 13.0. The van der Waals surface area contributed by atoms with Gasteiger partial charge in [-0.15, -0.1) is 0 Å². The Morgan fingerprint density at radius 3 is 2.14 bits per heavy atom. The molecule has 6 nitrogen and oxygen atoms in total. The fraction of sp³-hybridized carbons (Fsp3) is 0.381. The molecule has 0 aromatic heterocycles. The molecule has 0 aliphatic carbocycles. The summed E-state index contributed by atoms with van der Waals surface area (Å²) in [4.78, 5) is 12.6. The molecular weight excluding hydrogens is 378 g/mol. The first kappa shape index (κ1) is 22.1. The van der Waals surface area contributed by atoms with E-state index in [4.69, 9.17) is 14.7 Å². The van der Waals surface area contributed by atoms with Crippen LogP contribution in [0.5, 0.6) is 0 Å². The summed E-state index contributed by atoms with van der Waals surface area (Å²) in [6.45, 7) is 6.92. The van der Waals surface area contributed by atoms with Crippen LogP contribution in [0, 0.1) is 6.92 Å². The van der Waals surface area contributed by atoms with Gasteiger partial charge in [-0.2, -0.15) is 8.42 Å². The van der Waals surface area contributed by atoms with Gasteiger partial charge in [0.2, 0.25) is 0 Å². The first-order valence-corrected chi connectivity index (χ1v) is 10.4. The summed E-state index contributed by atoms with van der Waals surface area (Å²) in [5, 5.41) is 0. The Labute approximate surface area is 166 Å². The summed E-state index contributed by atoms with van der Waals surface area (Å²) < 4.78 is 36.0. The molecule has 2 aromatic carbocycles. The molecule has 7 heteroatoms. The van der Waals surface area contributed by atoms with Crippen LogP contribution in [0.15, 0.2) is 59.5 Å². The molecule has 0 saturated heterocycles. The molecule has 1 unspecified atom stereocenters. The number of ether oxygens (including phenoxy) is 1. The van der Waals surface area contributed by atoms with Gasteiger partial charge in [0.15, 0.2) is 6.10 Å². The Hall–Kier alpha value is -2.22. The third-order valence-corrected chi connectivity index (χ3v) is 5.19. The molecule has 2 N–H and O–H groups in total. The molecule has 0 saturated carbocycles. The van der Waals surface area contributed by atoms with Crippen molar-refractivity contribution >= 4 is 16.1 Å². The Bertz CT molecular complexity index is 887. The van der Waals surface area contributed by atoms with Crippen molar-refractivity contribution in [2.75, 3.05) is 0 Å². The van der Waals surface area contributed by atoms with Crippen molar-refractivity contribution in [3.05, 3.63) is 65.7 Å². The number of nitrogens with two attached hydrogens (primary N) is 1. The molecule has 152 valence electrons. The molecule has 0 bridgehead atoms. The second-order valence-corrected chi connectivity index (χ2v) is 9.24. The van der Waals surface area contributed by atoms with E-state index in [1.54, 1.807) is 32.9 Å². The summed E-state index contributed by atoms with van der Waals surface area (Å²) in [5.74, 6) is -0.813. The minimum atomic E-state index is -4.19. The van der Waals surface area contributed by atoms with Crippen LogP contribution in [0.2, 0.25) is 0 Å². The standard InChI is InChI=1S/C21H27NO5S/c1-15-10-12-17(13-11-15)28(24,25)27-19(20(23)26-21(2,3)4)18(22)14-16-8-6-5-7-9-16/h5-13,18-19H,14,22H2,1-4H3/t18?,19-/m0/s1. The van der Waals surface area contributed by atoms with Crippen molar-refractivity contribution in [1.29, 1.82) is 0 Å². The van der Waals surface area contributed by atoms with Crippen molar-refractivity contribution in [3.63, 3.8) is 0 Å². The number of carbonyl (C=O) groups excluding carboxylic acids is 1. The number of rotatable bonds is 7. The second kappa shape index (κ2) is 8.86. The third kappa shape index (κ3) is 6.44. The molecular formula is C21H27NO5S. The van der Waals surface area contributed by atoms with Crippen LogP contribution in [-0.4, -0.2) is 32.1 Å². The molecule has 0 aliphatic heterocycles. The lowest BCUT2D eigenvalue weighted by atomic mass is 10.0. The molecule has 2 aromatic rings. The van der Waals surface area contributed by atoms with E-state index >= 15 is 0 Å². The molecule has 0 aliphatic rings. The van der Waals surface area contributed by atoms with Crippen molar-refractivity contribution in [3.8, 4) is 0 Å². The zero-order chi connectivity index (χ0) is 20.9. The van der Waals surface area contributed by atoms with Crippen molar-refractivity contribution in [2.24, 2.45) is 5.73 Å². The topological polar surface area (TPSA) is 95.7 Å². The minimum absolute atomic E-state index is 0.0430. The van der Waals surface area contributed by atoms with Gasteiger partial charge in [0.1, 0.15) is 5.60 Å². The lowest BCUT2D eigenvalue weighted by Crippen LogP contribution is -2.47. The highest BCUT2D eigenvalue weighted by Gasteiger charge is 2.36. The Balaban J connectivity index is 2.29. The average molecular weight is 406 g/mol. The van der Waals surface area contributed by atoms with Gasteiger partial charge < -0.3 is 10.5 Å². The Morgan fingerprint density at radius 1 is 1.04 bits per heavy atom. The molecule has 0 spiro atoms. The van der Waals surface area contributed by atoms with E-state index in [0.717, 1.165) is 11.1 Å². The third-order valence-electron chi connectivity index (χ3n) is 3.88. The van der Waals surface area contributed by atoms with E-state index in [0.29, 0.717) is 0 Å². The fourth-order valence-corrected chi connectivity index (χ4v) is 3.61. The minimum Gasteiger partial charge on any atom is -0.458 e. The highest BCUT2D eigenvalue weighted by atomic mass is 32.2. The monoisotopic (exact) mass is 405 g/mol. The molecule has 2 atom stereocenters. The van der Waals surface area contributed by atoms with Crippen molar-refractivity contribution < 1.29 is 22.1 Å². The Kier molecular flexibility index (Phi) is 6.98. The number of benzene rings is 2. The van der Waals surface area contributed by atoms with Gasteiger partial charge in [-0.1, -0.05) is 48.0 Å². The van der Waals surface area contributed by atoms with Gasteiger partial charge in [0.05, 0.1) is 4.90 Å². The molecule has 0 heterocycles. The number of aryl methyl sites for hydroxylation is 1.